The van der Waals surface area contributed by atoms with Crippen LogP contribution >= 0.6 is 11.8 Å². The van der Waals surface area contributed by atoms with Crippen LogP contribution in [0.5, 0.6) is 0 Å². The molecule has 5 nitrogen and oxygen atoms in total. The minimum Gasteiger partial charge on any atom is -0.396 e. The summed E-state index contributed by atoms with van der Waals surface area (Å²) in [5, 5.41) is 9.23. The fourth-order valence-corrected chi connectivity index (χ4v) is 4.49. The van der Waals surface area contributed by atoms with Crippen LogP contribution in [-0.2, 0) is 0 Å². The van der Waals surface area contributed by atoms with Crippen LogP contribution in [0.1, 0.15) is 0 Å². The summed E-state index contributed by atoms with van der Waals surface area (Å²) in [5.74, 6) is 6.41. The van der Waals surface area contributed by atoms with E-state index >= 15 is 0 Å². The molecule has 3 fully saturated rings. The van der Waals surface area contributed by atoms with Crippen LogP contribution in [0.4, 0.5) is 11.6 Å². The summed E-state index contributed by atoms with van der Waals surface area (Å²) >= 11 is 2.01. The van der Waals surface area contributed by atoms with E-state index in [0.717, 1.165) is 37.8 Å². The van der Waals surface area contributed by atoms with Gasteiger partial charge in [-0.05, 0) is 17.8 Å². The van der Waals surface area contributed by atoms with Crippen molar-refractivity contribution in [3.8, 4) is 0 Å². The first-order valence-electron chi connectivity index (χ1n) is 7.37. The molecule has 20 heavy (non-hydrogen) atoms. The molecule has 3 aliphatic rings. The van der Waals surface area contributed by atoms with E-state index in [1.807, 2.05) is 11.8 Å². The van der Waals surface area contributed by atoms with Gasteiger partial charge in [0.05, 0.1) is 0 Å². The van der Waals surface area contributed by atoms with Crippen LogP contribution in [0.3, 0.4) is 0 Å². The number of nitrogens with zero attached hydrogens (tertiary/aromatic N) is 4. The topological polar surface area (TPSA) is 52.5 Å². The second-order valence-electron chi connectivity index (χ2n) is 5.91. The Balaban J connectivity index is 1.47. The molecule has 3 heterocycles. The Morgan fingerprint density at radius 3 is 2.40 bits per heavy atom. The maximum absolute atomic E-state index is 9.23. The van der Waals surface area contributed by atoms with E-state index < -0.39 is 0 Å². The van der Waals surface area contributed by atoms with E-state index in [0.29, 0.717) is 24.4 Å². The third kappa shape index (κ3) is 2.15. The predicted molar refractivity (Wildman–Crippen MR) is 81.3 cm³/mol. The largest absolute Gasteiger partial charge is 0.396 e. The number of aliphatic hydroxyl groups excluding tert-OH is 1. The van der Waals surface area contributed by atoms with Gasteiger partial charge >= 0.3 is 0 Å². The van der Waals surface area contributed by atoms with Gasteiger partial charge in [0.25, 0.3) is 0 Å². The Kier molecular flexibility index (Phi) is 3.22. The number of anilines is 2. The van der Waals surface area contributed by atoms with Crippen LogP contribution in [0.15, 0.2) is 12.4 Å². The number of aliphatic hydroxyl groups is 1. The molecule has 1 aromatic heterocycles. The molecule has 1 aromatic rings. The molecule has 0 bridgehead atoms. The van der Waals surface area contributed by atoms with Gasteiger partial charge in [-0.1, -0.05) is 0 Å². The van der Waals surface area contributed by atoms with E-state index in [9.17, 15) is 5.11 Å². The molecule has 1 saturated carbocycles. The van der Waals surface area contributed by atoms with Crippen LogP contribution in [0.25, 0.3) is 0 Å². The third-order valence-electron chi connectivity index (χ3n) is 4.88. The van der Waals surface area contributed by atoms with E-state index in [2.05, 4.69) is 25.8 Å². The van der Waals surface area contributed by atoms with Crippen molar-refractivity contribution in [2.45, 2.75) is 0 Å². The number of fused-ring (bicyclic) bond motifs is 1. The average molecular weight is 292 g/mol. The highest BCUT2D eigenvalue weighted by Gasteiger charge is 2.55. The standard InChI is InChI=1S/C14H20N4OS/c19-8-12-10-6-18(7-11(10)12)14-5-13(15-9-16-14)17-1-3-20-4-2-17/h5,9-12,19H,1-4,6-8H2/t10-,11+,12?. The molecule has 0 aromatic carbocycles. The lowest BCUT2D eigenvalue weighted by molar-refractivity contribution is 0.260. The van der Waals surface area contributed by atoms with Crippen LogP contribution in [-0.4, -0.2) is 59.4 Å². The smallest absolute Gasteiger partial charge is 0.134 e. The first-order valence-corrected chi connectivity index (χ1v) is 8.53. The summed E-state index contributed by atoms with van der Waals surface area (Å²) < 4.78 is 0. The fraction of sp³-hybridized carbons (Fsp3) is 0.714. The van der Waals surface area contributed by atoms with Crippen molar-refractivity contribution in [1.82, 2.24) is 9.97 Å². The van der Waals surface area contributed by atoms with Gasteiger partial charge in [0.2, 0.25) is 0 Å². The SMILES string of the molecule is OCC1[C@H]2CN(c3cc(N4CCSCC4)ncn3)C[C@@H]12. The monoisotopic (exact) mass is 292 g/mol. The summed E-state index contributed by atoms with van der Waals surface area (Å²) in [6.07, 6.45) is 1.69. The Labute approximate surface area is 123 Å². The van der Waals surface area contributed by atoms with Crippen molar-refractivity contribution in [1.29, 1.82) is 0 Å². The van der Waals surface area contributed by atoms with Crippen LogP contribution in [0, 0.1) is 17.8 Å². The van der Waals surface area contributed by atoms with Crippen molar-refractivity contribution >= 4 is 23.4 Å². The molecule has 6 heteroatoms. The van der Waals surface area contributed by atoms with E-state index in [1.54, 1.807) is 6.33 Å². The average Bonchev–Trinajstić information content (AvgIpc) is 2.99. The maximum atomic E-state index is 9.23. The Morgan fingerprint density at radius 2 is 1.75 bits per heavy atom. The molecule has 0 amide bonds. The minimum atomic E-state index is 0.351. The number of thioether (sulfide) groups is 1. The Hall–Kier alpha value is -1.01. The molecular formula is C14H20N4OS. The lowest BCUT2D eigenvalue weighted by Gasteiger charge is -2.28. The molecule has 2 saturated heterocycles. The molecule has 4 rings (SSSR count). The molecule has 1 aliphatic carbocycles. The molecule has 1 N–H and O–H groups in total. The van der Waals surface area contributed by atoms with Crippen molar-refractivity contribution in [3.63, 3.8) is 0 Å². The van der Waals surface area contributed by atoms with Crippen molar-refractivity contribution in [2.24, 2.45) is 17.8 Å². The van der Waals surface area contributed by atoms with Crippen molar-refractivity contribution in [3.05, 3.63) is 12.4 Å². The highest BCUT2D eigenvalue weighted by Crippen LogP contribution is 2.51. The first kappa shape index (κ1) is 12.7. The van der Waals surface area contributed by atoms with Crippen molar-refractivity contribution in [2.75, 3.05) is 54.1 Å². The van der Waals surface area contributed by atoms with Crippen LogP contribution < -0.4 is 9.80 Å². The van der Waals surface area contributed by atoms with Gasteiger partial charge in [-0.15, -0.1) is 0 Å². The van der Waals surface area contributed by atoms with E-state index in [-0.39, 0.29) is 0 Å². The van der Waals surface area contributed by atoms with Gasteiger partial charge in [-0.25, -0.2) is 9.97 Å². The van der Waals surface area contributed by atoms with Gasteiger partial charge in [0.15, 0.2) is 0 Å². The molecule has 1 unspecified atom stereocenters. The first-order chi connectivity index (χ1) is 9.86. The molecular weight excluding hydrogens is 272 g/mol. The Morgan fingerprint density at radius 1 is 1.10 bits per heavy atom. The normalized spacial score (nSPS) is 32.4. The number of piperidine rings is 1. The van der Waals surface area contributed by atoms with E-state index in [4.69, 9.17) is 0 Å². The molecule has 108 valence electrons. The summed E-state index contributed by atoms with van der Waals surface area (Å²) in [6.45, 7) is 4.60. The summed E-state index contributed by atoms with van der Waals surface area (Å²) in [5.41, 5.74) is 0. The van der Waals surface area contributed by atoms with Gasteiger partial charge in [0, 0.05) is 50.4 Å². The number of hydrogen-bond donors (Lipinski definition) is 1. The number of hydrogen-bond acceptors (Lipinski definition) is 6. The van der Waals surface area contributed by atoms with Gasteiger partial charge < -0.3 is 14.9 Å². The zero-order valence-electron chi connectivity index (χ0n) is 11.5. The second kappa shape index (κ2) is 5.07. The van der Waals surface area contributed by atoms with E-state index in [1.165, 1.54) is 11.5 Å². The number of aromatic nitrogens is 2. The highest BCUT2D eigenvalue weighted by atomic mass is 32.2. The molecule has 0 radical (unpaired) electrons. The zero-order valence-corrected chi connectivity index (χ0v) is 12.3. The lowest BCUT2D eigenvalue weighted by Crippen LogP contribution is -2.33. The molecule has 3 atom stereocenters. The summed E-state index contributed by atoms with van der Waals surface area (Å²) in [7, 11) is 0. The quantitative estimate of drug-likeness (QED) is 0.885. The third-order valence-corrected chi connectivity index (χ3v) is 5.82. The maximum Gasteiger partial charge on any atom is 0.134 e. The summed E-state index contributed by atoms with van der Waals surface area (Å²) in [4.78, 5) is 13.6. The van der Waals surface area contributed by atoms with Crippen molar-refractivity contribution < 1.29 is 5.11 Å². The number of rotatable bonds is 3. The highest BCUT2D eigenvalue weighted by molar-refractivity contribution is 7.99. The second-order valence-corrected chi connectivity index (χ2v) is 7.14. The molecule has 2 aliphatic heterocycles. The van der Waals surface area contributed by atoms with Gasteiger partial charge in [-0.2, -0.15) is 11.8 Å². The lowest BCUT2D eigenvalue weighted by atomic mass is 10.3. The predicted octanol–water partition coefficient (Wildman–Crippen LogP) is 0.704. The van der Waals surface area contributed by atoms with Gasteiger partial charge in [-0.3, -0.25) is 0 Å². The van der Waals surface area contributed by atoms with Crippen LogP contribution in [0.2, 0.25) is 0 Å². The fourth-order valence-electron chi connectivity index (χ4n) is 3.58. The Bertz CT molecular complexity index is 482. The zero-order chi connectivity index (χ0) is 13.5. The minimum absolute atomic E-state index is 0.351. The van der Waals surface area contributed by atoms with Gasteiger partial charge in [0.1, 0.15) is 18.0 Å². The molecule has 0 spiro atoms. The summed E-state index contributed by atoms with van der Waals surface area (Å²) in [6, 6.07) is 2.13.